The van der Waals surface area contributed by atoms with Gasteiger partial charge in [-0.05, 0) is 36.5 Å². The Morgan fingerprint density at radius 1 is 1.14 bits per heavy atom. The van der Waals surface area contributed by atoms with E-state index >= 15 is 0 Å². The summed E-state index contributed by atoms with van der Waals surface area (Å²) in [7, 11) is 0. The maximum Gasteiger partial charge on any atom is 0.257 e. The molecule has 0 heterocycles. The summed E-state index contributed by atoms with van der Waals surface area (Å²) in [5, 5.41) is 11.9. The average Bonchev–Trinajstić information content (AvgIpc) is 2.80. The van der Waals surface area contributed by atoms with Crippen LogP contribution in [0.4, 0.5) is 0 Å². The van der Waals surface area contributed by atoms with Crippen molar-refractivity contribution in [2.45, 2.75) is 45.1 Å². The molecule has 1 aliphatic carbocycles. The van der Waals surface area contributed by atoms with Gasteiger partial charge in [-0.3, -0.25) is 4.79 Å². The van der Waals surface area contributed by atoms with Crippen molar-refractivity contribution in [2.24, 2.45) is 5.92 Å². The Morgan fingerprint density at radius 2 is 1.81 bits per heavy atom. The minimum absolute atomic E-state index is 0.0160. The molecule has 0 saturated heterocycles. The van der Waals surface area contributed by atoms with Crippen molar-refractivity contribution in [2.75, 3.05) is 13.2 Å². The maximum absolute atomic E-state index is 11.8. The fourth-order valence-electron chi connectivity index (χ4n) is 2.72. The molecular weight excluding hydrogens is 266 g/mol. The Balaban J connectivity index is 1.66. The Morgan fingerprint density at radius 3 is 2.43 bits per heavy atom. The summed E-state index contributed by atoms with van der Waals surface area (Å²) in [6.45, 7) is 0.832. The summed E-state index contributed by atoms with van der Waals surface area (Å²) in [4.78, 5) is 11.8. The third kappa shape index (κ3) is 5.76. The second kappa shape index (κ2) is 8.67. The van der Waals surface area contributed by atoms with E-state index in [2.05, 4.69) is 5.32 Å². The first-order valence-electron chi connectivity index (χ1n) is 7.87. The van der Waals surface area contributed by atoms with E-state index in [1.54, 1.807) is 24.3 Å². The minimum atomic E-state index is -0.0644. The highest BCUT2D eigenvalue weighted by atomic mass is 16.5. The molecule has 4 nitrogen and oxygen atoms in total. The van der Waals surface area contributed by atoms with E-state index in [1.807, 2.05) is 0 Å². The number of amides is 1. The Labute approximate surface area is 126 Å². The first-order valence-corrected chi connectivity index (χ1v) is 7.87. The van der Waals surface area contributed by atoms with Crippen LogP contribution in [0.15, 0.2) is 24.3 Å². The predicted octanol–water partition coefficient (Wildman–Crippen LogP) is 2.64. The number of carbonyl (C=O) groups excluding carboxylic acids is 1. The van der Waals surface area contributed by atoms with Crippen LogP contribution in [0.25, 0.3) is 0 Å². The van der Waals surface area contributed by atoms with Gasteiger partial charge in [-0.15, -0.1) is 0 Å². The van der Waals surface area contributed by atoms with Crippen LogP contribution in [0.5, 0.6) is 5.75 Å². The molecule has 0 aliphatic heterocycles. The van der Waals surface area contributed by atoms with E-state index in [0.29, 0.717) is 11.7 Å². The highest BCUT2D eigenvalue weighted by Crippen LogP contribution is 2.22. The van der Waals surface area contributed by atoms with Crippen molar-refractivity contribution in [1.82, 2.24) is 5.32 Å². The Hall–Kier alpha value is -1.55. The SMILES string of the molecule is O=C(COc1ccc(CO)cc1)NCC1CCCCCC1. The number of benzene rings is 1. The summed E-state index contributed by atoms with van der Waals surface area (Å²) in [6, 6.07) is 7.12. The third-order valence-electron chi connectivity index (χ3n) is 4.04. The van der Waals surface area contributed by atoms with Gasteiger partial charge in [0.25, 0.3) is 5.91 Å². The van der Waals surface area contributed by atoms with E-state index < -0.39 is 0 Å². The molecule has 1 aromatic carbocycles. The van der Waals surface area contributed by atoms with Gasteiger partial charge >= 0.3 is 0 Å². The van der Waals surface area contributed by atoms with Crippen LogP contribution >= 0.6 is 0 Å². The smallest absolute Gasteiger partial charge is 0.257 e. The molecule has 0 bridgehead atoms. The average molecular weight is 291 g/mol. The lowest BCUT2D eigenvalue weighted by atomic mass is 10.0. The summed E-state index contributed by atoms with van der Waals surface area (Å²) >= 11 is 0. The molecule has 1 fully saturated rings. The third-order valence-corrected chi connectivity index (χ3v) is 4.04. The van der Waals surface area contributed by atoms with E-state index in [9.17, 15) is 4.79 Å². The van der Waals surface area contributed by atoms with Crippen molar-refractivity contribution in [3.05, 3.63) is 29.8 Å². The monoisotopic (exact) mass is 291 g/mol. The zero-order chi connectivity index (χ0) is 14.9. The Kier molecular flexibility index (Phi) is 6.54. The van der Waals surface area contributed by atoms with Crippen molar-refractivity contribution in [3.8, 4) is 5.75 Å². The second-order valence-electron chi connectivity index (χ2n) is 5.75. The van der Waals surface area contributed by atoms with Gasteiger partial charge in [0.2, 0.25) is 0 Å². The lowest BCUT2D eigenvalue weighted by Crippen LogP contribution is -2.33. The lowest BCUT2D eigenvalue weighted by Gasteiger charge is -2.15. The van der Waals surface area contributed by atoms with Crippen LogP contribution in [-0.2, 0) is 11.4 Å². The van der Waals surface area contributed by atoms with Crippen LogP contribution in [0.2, 0.25) is 0 Å². The van der Waals surface area contributed by atoms with E-state index in [4.69, 9.17) is 9.84 Å². The van der Waals surface area contributed by atoms with Gasteiger partial charge in [-0.2, -0.15) is 0 Å². The zero-order valence-electron chi connectivity index (χ0n) is 12.5. The van der Waals surface area contributed by atoms with Gasteiger partial charge in [0.05, 0.1) is 6.61 Å². The second-order valence-corrected chi connectivity index (χ2v) is 5.75. The molecule has 1 amide bonds. The summed E-state index contributed by atoms with van der Waals surface area (Å²) in [5.41, 5.74) is 0.833. The molecule has 116 valence electrons. The maximum atomic E-state index is 11.8. The van der Waals surface area contributed by atoms with Gasteiger partial charge in [0, 0.05) is 6.54 Å². The number of nitrogens with one attached hydrogen (secondary N) is 1. The molecule has 1 aliphatic rings. The van der Waals surface area contributed by atoms with Gasteiger partial charge < -0.3 is 15.2 Å². The van der Waals surface area contributed by atoms with Gasteiger partial charge in [0.15, 0.2) is 6.61 Å². The van der Waals surface area contributed by atoms with Crippen LogP contribution in [-0.4, -0.2) is 24.2 Å². The van der Waals surface area contributed by atoms with E-state index in [1.165, 1.54) is 38.5 Å². The lowest BCUT2D eigenvalue weighted by molar-refractivity contribution is -0.123. The van der Waals surface area contributed by atoms with Crippen molar-refractivity contribution >= 4 is 5.91 Å². The highest BCUT2D eigenvalue weighted by molar-refractivity contribution is 5.77. The largest absolute Gasteiger partial charge is 0.484 e. The van der Waals surface area contributed by atoms with Gasteiger partial charge in [-0.25, -0.2) is 0 Å². The quantitative estimate of drug-likeness (QED) is 0.792. The summed E-state index contributed by atoms with van der Waals surface area (Å²) in [6.07, 6.45) is 7.69. The van der Waals surface area contributed by atoms with Gasteiger partial charge in [0.1, 0.15) is 5.75 Å². The van der Waals surface area contributed by atoms with Gasteiger partial charge in [-0.1, -0.05) is 37.8 Å². The number of ether oxygens (including phenoxy) is 1. The standard InChI is InChI=1S/C17H25NO3/c19-12-15-7-9-16(10-8-15)21-13-17(20)18-11-14-5-3-1-2-4-6-14/h7-10,14,19H,1-6,11-13H2,(H,18,20). The van der Waals surface area contributed by atoms with Crippen LogP contribution in [0.3, 0.4) is 0 Å². The van der Waals surface area contributed by atoms with Crippen molar-refractivity contribution < 1.29 is 14.6 Å². The van der Waals surface area contributed by atoms with E-state index in [0.717, 1.165) is 12.1 Å². The molecule has 1 aromatic rings. The number of rotatable bonds is 6. The Bertz CT molecular complexity index is 422. The molecule has 2 rings (SSSR count). The molecule has 0 radical (unpaired) electrons. The molecule has 0 spiro atoms. The number of hydrogen-bond acceptors (Lipinski definition) is 3. The van der Waals surface area contributed by atoms with Crippen LogP contribution in [0, 0.1) is 5.92 Å². The minimum Gasteiger partial charge on any atom is -0.484 e. The topological polar surface area (TPSA) is 58.6 Å². The molecule has 0 unspecified atom stereocenters. The number of carbonyl (C=O) groups is 1. The zero-order valence-corrected chi connectivity index (χ0v) is 12.5. The fourth-order valence-corrected chi connectivity index (χ4v) is 2.72. The van der Waals surface area contributed by atoms with Crippen LogP contribution in [0.1, 0.15) is 44.1 Å². The van der Waals surface area contributed by atoms with Crippen LogP contribution < -0.4 is 10.1 Å². The molecule has 0 atom stereocenters. The highest BCUT2D eigenvalue weighted by Gasteiger charge is 2.13. The molecule has 21 heavy (non-hydrogen) atoms. The number of aliphatic hydroxyl groups is 1. The molecule has 2 N–H and O–H groups in total. The summed E-state index contributed by atoms with van der Waals surface area (Å²) < 4.78 is 5.44. The molecule has 0 aromatic heterocycles. The normalized spacial score (nSPS) is 16.2. The van der Waals surface area contributed by atoms with Crippen molar-refractivity contribution in [3.63, 3.8) is 0 Å². The predicted molar refractivity (Wildman–Crippen MR) is 82.1 cm³/mol. The van der Waals surface area contributed by atoms with Crippen molar-refractivity contribution in [1.29, 1.82) is 0 Å². The number of hydrogen-bond donors (Lipinski definition) is 2. The molecule has 4 heteroatoms. The first kappa shape index (κ1) is 15.8. The fraction of sp³-hybridized carbons (Fsp3) is 0.588. The molecule has 1 saturated carbocycles. The summed E-state index contributed by atoms with van der Waals surface area (Å²) in [5.74, 6) is 1.21. The first-order chi connectivity index (χ1) is 10.3. The number of aliphatic hydroxyl groups excluding tert-OH is 1. The van der Waals surface area contributed by atoms with E-state index in [-0.39, 0.29) is 19.1 Å². The molecular formula is C17H25NO3.